The van der Waals surface area contributed by atoms with E-state index in [1.807, 2.05) is 6.92 Å². The number of aliphatic hydroxyl groups is 1. The molecule has 124 valence electrons. The average molecular weight is 393 g/mol. The number of ether oxygens (including phenoxy) is 1. The van der Waals surface area contributed by atoms with E-state index in [0.717, 1.165) is 4.47 Å². The van der Waals surface area contributed by atoms with Crippen molar-refractivity contribution in [3.8, 4) is 5.75 Å². The van der Waals surface area contributed by atoms with Crippen molar-refractivity contribution in [2.24, 2.45) is 0 Å². The van der Waals surface area contributed by atoms with E-state index in [1.54, 1.807) is 18.2 Å². The average Bonchev–Trinajstić information content (AvgIpc) is 2.50. The highest BCUT2D eigenvalue weighted by molar-refractivity contribution is 9.10. The van der Waals surface area contributed by atoms with E-state index in [2.05, 4.69) is 20.8 Å². The number of halogens is 1. The van der Waals surface area contributed by atoms with Crippen LogP contribution in [0.4, 0.5) is 0 Å². The minimum absolute atomic E-state index is 0.0944. The molecule has 1 aliphatic heterocycles. The third-order valence-corrected chi connectivity index (χ3v) is 6.14. The molecular formula is C14H21BrN2O4S. The molecule has 1 aromatic rings. The van der Waals surface area contributed by atoms with E-state index in [4.69, 9.17) is 9.84 Å². The van der Waals surface area contributed by atoms with Crippen LogP contribution in [0.25, 0.3) is 0 Å². The first-order valence-electron chi connectivity index (χ1n) is 7.24. The SMILES string of the molecule is CCOc1cc(S(=O)(=O)N2CCN(CCO)CC2)ccc1Br. The van der Waals surface area contributed by atoms with Gasteiger partial charge in [-0.2, -0.15) is 4.31 Å². The van der Waals surface area contributed by atoms with E-state index in [0.29, 0.717) is 45.1 Å². The summed E-state index contributed by atoms with van der Waals surface area (Å²) in [5, 5.41) is 8.94. The maximum Gasteiger partial charge on any atom is 0.243 e. The second-order valence-electron chi connectivity index (χ2n) is 4.99. The molecule has 0 aromatic heterocycles. The van der Waals surface area contributed by atoms with Gasteiger partial charge in [-0.05, 0) is 35.0 Å². The lowest BCUT2D eigenvalue weighted by molar-refractivity contribution is 0.151. The zero-order valence-electron chi connectivity index (χ0n) is 12.5. The first-order chi connectivity index (χ1) is 10.5. The van der Waals surface area contributed by atoms with E-state index < -0.39 is 10.0 Å². The summed E-state index contributed by atoms with van der Waals surface area (Å²) in [6.45, 7) is 5.14. The first kappa shape index (κ1) is 17.7. The fourth-order valence-electron chi connectivity index (χ4n) is 2.39. The van der Waals surface area contributed by atoms with Crippen LogP contribution in [0, 0.1) is 0 Å². The van der Waals surface area contributed by atoms with Crippen molar-refractivity contribution in [1.29, 1.82) is 0 Å². The Kier molecular flexibility index (Phi) is 6.22. The highest BCUT2D eigenvalue weighted by Gasteiger charge is 2.28. The van der Waals surface area contributed by atoms with E-state index in [9.17, 15) is 8.42 Å². The topological polar surface area (TPSA) is 70.1 Å². The Bertz CT molecular complexity index is 601. The van der Waals surface area contributed by atoms with E-state index in [1.165, 1.54) is 4.31 Å². The van der Waals surface area contributed by atoms with Crippen LogP contribution < -0.4 is 4.74 Å². The number of benzene rings is 1. The van der Waals surface area contributed by atoms with Crippen molar-refractivity contribution in [2.75, 3.05) is 45.9 Å². The highest BCUT2D eigenvalue weighted by Crippen LogP contribution is 2.29. The van der Waals surface area contributed by atoms with Gasteiger partial charge in [0.2, 0.25) is 10.0 Å². The lowest BCUT2D eigenvalue weighted by atomic mass is 10.3. The van der Waals surface area contributed by atoms with Gasteiger partial charge >= 0.3 is 0 Å². The number of rotatable bonds is 6. The van der Waals surface area contributed by atoms with Gasteiger partial charge in [-0.1, -0.05) is 0 Å². The maximum atomic E-state index is 12.7. The Morgan fingerprint density at radius 2 is 1.95 bits per heavy atom. The minimum atomic E-state index is -3.51. The van der Waals surface area contributed by atoms with Gasteiger partial charge in [0.05, 0.1) is 22.6 Å². The van der Waals surface area contributed by atoms with Crippen LogP contribution in [-0.4, -0.2) is 68.7 Å². The smallest absolute Gasteiger partial charge is 0.243 e. The van der Waals surface area contributed by atoms with Crippen LogP contribution in [0.2, 0.25) is 0 Å². The summed E-state index contributed by atoms with van der Waals surface area (Å²) < 4.78 is 33.1. The van der Waals surface area contributed by atoms with Crippen molar-refractivity contribution in [2.45, 2.75) is 11.8 Å². The van der Waals surface area contributed by atoms with E-state index >= 15 is 0 Å². The highest BCUT2D eigenvalue weighted by atomic mass is 79.9. The normalized spacial score (nSPS) is 17.6. The number of aliphatic hydroxyl groups excluding tert-OH is 1. The zero-order chi connectivity index (χ0) is 16.2. The number of piperazine rings is 1. The van der Waals surface area contributed by atoms with Gasteiger partial charge in [-0.25, -0.2) is 8.42 Å². The first-order valence-corrected chi connectivity index (χ1v) is 9.48. The molecule has 1 aromatic carbocycles. The van der Waals surface area contributed by atoms with Gasteiger partial charge in [0.1, 0.15) is 5.75 Å². The molecule has 1 heterocycles. The van der Waals surface area contributed by atoms with Gasteiger partial charge in [0.15, 0.2) is 0 Å². The summed E-state index contributed by atoms with van der Waals surface area (Å²) >= 11 is 3.36. The molecule has 6 nitrogen and oxygen atoms in total. The lowest BCUT2D eigenvalue weighted by Gasteiger charge is -2.33. The van der Waals surface area contributed by atoms with Crippen LogP contribution >= 0.6 is 15.9 Å². The second-order valence-corrected chi connectivity index (χ2v) is 7.79. The van der Waals surface area contributed by atoms with Gasteiger partial charge in [-0.15, -0.1) is 0 Å². The molecule has 1 N–H and O–H groups in total. The Morgan fingerprint density at radius 1 is 1.27 bits per heavy atom. The third kappa shape index (κ3) is 3.99. The maximum absolute atomic E-state index is 12.7. The van der Waals surface area contributed by atoms with Crippen molar-refractivity contribution in [3.63, 3.8) is 0 Å². The summed E-state index contributed by atoms with van der Waals surface area (Å²) in [5.74, 6) is 0.530. The Labute approximate surface area is 139 Å². The predicted octanol–water partition coefficient (Wildman–Crippen LogP) is 1.15. The molecule has 2 rings (SSSR count). The standard InChI is InChI=1S/C14H21BrN2O4S/c1-2-21-14-11-12(3-4-13(14)15)22(19,20)17-7-5-16(6-8-17)9-10-18/h3-4,11,18H,2,5-10H2,1H3. The number of β-amino-alcohol motifs (C(OH)–C–C–N with tert-alkyl or cyclic N) is 1. The molecule has 22 heavy (non-hydrogen) atoms. The summed E-state index contributed by atoms with van der Waals surface area (Å²) in [5.41, 5.74) is 0. The second kappa shape index (κ2) is 7.74. The lowest BCUT2D eigenvalue weighted by Crippen LogP contribution is -2.49. The van der Waals surface area contributed by atoms with Crippen molar-refractivity contribution in [3.05, 3.63) is 22.7 Å². The fourth-order valence-corrected chi connectivity index (χ4v) is 4.19. The molecule has 8 heteroatoms. The molecule has 0 spiro atoms. The zero-order valence-corrected chi connectivity index (χ0v) is 14.9. The minimum Gasteiger partial charge on any atom is -0.493 e. The molecule has 0 atom stereocenters. The molecular weight excluding hydrogens is 372 g/mol. The van der Waals surface area contributed by atoms with Crippen LogP contribution in [0.1, 0.15) is 6.92 Å². The molecule has 0 unspecified atom stereocenters. The number of sulfonamides is 1. The monoisotopic (exact) mass is 392 g/mol. The molecule has 0 aliphatic carbocycles. The summed E-state index contributed by atoms with van der Waals surface area (Å²) in [4.78, 5) is 2.30. The van der Waals surface area contributed by atoms with Crippen LogP contribution in [0.15, 0.2) is 27.6 Å². The molecule has 1 fully saturated rings. The van der Waals surface area contributed by atoms with Crippen LogP contribution in [0.3, 0.4) is 0 Å². The Morgan fingerprint density at radius 3 is 2.55 bits per heavy atom. The Hall–Kier alpha value is -0.670. The van der Waals surface area contributed by atoms with Gasteiger partial charge < -0.3 is 9.84 Å². The molecule has 0 bridgehead atoms. The van der Waals surface area contributed by atoms with Crippen LogP contribution in [0.5, 0.6) is 5.75 Å². The van der Waals surface area contributed by atoms with Gasteiger partial charge in [-0.3, -0.25) is 4.90 Å². The third-order valence-electron chi connectivity index (χ3n) is 3.59. The number of nitrogens with zero attached hydrogens (tertiary/aromatic N) is 2. The van der Waals surface area contributed by atoms with Crippen molar-refractivity contribution < 1.29 is 18.3 Å². The number of hydrogen-bond donors (Lipinski definition) is 1. The fraction of sp³-hybridized carbons (Fsp3) is 0.571. The summed E-state index contributed by atoms with van der Waals surface area (Å²) in [6, 6.07) is 4.84. The molecule has 0 radical (unpaired) electrons. The van der Waals surface area contributed by atoms with Crippen LogP contribution in [-0.2, 0) is 10.0 Å². The number of hydrogen-bond acceptors (Lipinski definition) is 5. The molecule has 1 saturated heterocycles. The summed E-state index contributed by atoms with van der Waals surface area (Å²) in [7, 11) is -3.51. The van der Waals surface area contributed by atoms with E-state index in [-0.39, 0.29) is 11.5 Å². The molecule has 0 saturated carbocycles. The van der Waals surface area contributed by atoms with Crippen molar-refractivity contribution in [1.82, 2.24) is 9.21 Å². The quantitative estimate of drug-likeness (QED) is 0.785. The predicted molar refractivity (Wildman–Crippen MR) is 87.6 cm³/mol. The summed E-state index contributed by atoms with van der Waals surface area (Å²) in [6.07, 6.45) is 0. The molecule has 1 aliphatic rings. The molecule has 0 amide bonds. The Balaban J connectivity index is 2.15. The largest absolute Gasteiger partial charge is 0.493 e. The van der Waals surface area contributed by atoms with Crippen molar-refractivity contribution >= 4 is 26.0 Å². The van der Waals surface area contributed by atoms with Gasteiger partial charge in [0, 0.05) is 38.8 Å². The van der Waals surface area contributed by atoms with Gasteiger partial charge in [0.25, 0.3) is 0 Å².